The van der Waals surface area contributed by atoms with E-state index in [1.165, 1.54) is 6.07 Å². The fourth-order valence-electron chi connectivity index (χ4n) is 1.18. The van der Waals surface area contributed by atoms with Crippen LogP contribution >= 0.6 is 11.6 Å². The highest BCUT2D eigenvalue weighted by molar-refractivity contribution is 6.29. The van der Waals surface area contributed by atoms with Gasteiger partial charge in [-0.3, -0.25) is 0 Å². The molecule has 0 saturated carbocycles. The van der Waals surface area contributed by atoms with Crippen molar-refractivity contribution < 1.29 is 13.2 Å². The van der Waals surface area contributed by atoms with Crippen LogP contribution < -0.4 is 5.32 Å². The van der Waals surface area contributed by atoms with Crippen molar-refractivity contribution in [3.05, 3.63) is 29.7 Å². The molecule has 0 aliphatic heterocycles. The van der Waals surface area contributed by atoms with Crippen molar-refractivity contribution in [3.8, 4) is 0 Å². The molecular formula is C10H11ClF3N3. The Morgan fingerprint density at radius 2 is 2.18 bits per heavy atom. The van der Waals surface area contributed by atoms with Gasteiger partial charge >= 0.3 is 6.18 Å². The molecule has 1 aromatic rings. The minimum absolute atomic E-state index is 0.0478. The quantitative estimate of drug-likeness (QED) is 0.668. The van der Waals surface area contributed by atoms with Crippen LogP contribution in [0.1, 0.15) is 19.2 Å². The van der Waals surface area contributed by atoms with E-state index in [0.717, 1.165) is 0 Å². The van der Waals surface area contributed by atoms with Gasteiger partial charge in [0.2, 0.25) is 5.82 Å². The van der Waals surface area contributed by atoms with Crippen LogP contribution in [-0.2, 0) is 6.18 Å². The maximum Gasteiger partial charge on any atom is 0.451 e. The Bertz CT molecular complexity index is 406. The van der Waals surface area contributed by atoms with E-state index in [1.54, 1.807) is 13.0 Å². The third kappa shape index (κ3) is 4.22. The van der Waals surface area contributed by atoms with Gasteiger partial charge in [-0.25, -0.2) is 9.97 Å². The molecule has 0 bridgehead atoms. The Balaban J connectivity index is 2.94. The van der Waals surface area contributed by atoms with Crippen molar-refractivity contribution in [2.75, 3.05) is 5.32 Å². The Kier molecular flexibility index (Phi) is 4.34. The zero-order valence-corrected chi connectivity index (χ0v) is 9.81. The van der Waals surface area contributed by atoms with E-state index in [2.05, 4.69) is 21.9 Å². The van der Waals surface area contributed by atoms with E-state index in [1.807, 2.05) is 0 Å². The van der Waals surface area contributed by atoms with Crippen LogP contribution in [0.15, 0.2) is 18.7 Å². The van der Waals surface area contributed by atoms with E-state index in [0.29, 0.717) is 6.42 Å². The number of aromatic nitrogens is 2. The molecule has 1 N–H and O–H groups in total. The lowest BCUT2D eigenvalue weighted by Crippen LogP contribution is -2.18. The lowest BCUT2D eigenvalue weighted by Gasteiger charge is -2.14. The summed E-state index contributed by atoms with van der Waals surface area (Å²) in [6.45, 7) is 5.33. The van der Waals surface area contributed by atoms with Crippen LogP contribution in [0.25, 0.3) is 0 Å². The van der Waals surface area contributed by atoms with E-state index in [9.17, 15) is 13.2 Å². The summed E-state index contributed by atoms with van der Waals surface area (Å²) < 4.78 is 37.2. The number of rotatable bonds is 4. The maximum absolute atomic E-state index is 12.4. The van der Waals surface area contributed by atoms with Crippen LogP contribution in [0.3, 0.4) is 0 Å². The summed E-state index contributed by atoms with van der Waals surface area (Å²) in [6, 6.07) is 1.16. The molecule has 3 nitrogen and oxygen atoms in total. The molecule has 94 valence electrons. The monoisotopic (exact) mass is 265 g/mol. The first-order valence-electron chi connectivity index (χ1n) is 4.82. The standard InChI is InChI=1S/C10H11ClF3N3/c1-3-4-6(2)15-8-5-7(11)16-9(17-8)10(12,13)14/h3,5-6H,1,4H2,2H3,(H,15,16,17). The minimum Gasteiger partial charge on any atom is -0.367 e. The number of alkyl halides is 3. The summed E-state index contributed by atoms with van der Waals surface area (Å²) in [6.07, 6.45) is -2.35. The van der Waals surface area contributed by atoms with Crippen molar-refractivity contribution in [2.45, 2.75) is 25.6 Å². The molecule has 1 heterocycles. The average Bonchev–Trinajstić information content (AvgIpc) is 2.15. The maximum atomic E-state index is 12.4. The van der Waals surface area contributed by atoms with Gasteiger partial charge in [-0.1, -0.05) is 17.7 Å². The van der Waals surface area contributed by atoms with Crippen molar-refractivity contribution in [2.24, 2.45) is 0 Å². The fourth-order valence-corrected chi connectivity index (χ4v) is 1.36. The molecule has 1 aromatic heterocycles. The topological polar surface area (TPSA) is 37.8 Å². The number of hydrogen-bond donors (Lipinski definition) is 1. The largest absolute Gasteiger partial charge is 0.451 e. The van der Waals surface area contributed by atoms with Gasteiger partial charge in [-0.15, -0.1) is 6.58 Å². The fraction of sp³-hybridized carbons (Fsp3) is 0.400. The van der Waals surface area contributed by atoms with Gasteiger partial charge in [-0.2, -0.15) is 13.2 Å². The molecule has 1 atom stereocenters. The highest BCUT2D eigenvalue weighted by Crippen LogP contribution is 2.28. The predicted octanol–water partition coefficient (Wildman–Crippen LogP) is 3.53. The molecule has 17 heavy (non-hydrogen) atoms. The molecule has 0 aliphatic rings. The molecule has 0 aromatic carbocycles. The SMILES string of the molecule is C=CCC(C)Nc1cc(Cl)nc(C(F)(F)F)n1. The first-order valence-corrected chi connectivity index (χ1v) is 5.20. The first-order chi connectivity index (χ1) is 7.82. The lowest BCUT2D eigenvalue weighted by molar-refractivity contribution is -0.144. The molecule has 0 fully saturated rings. The van der Waals surface area contributed by atoms with E-state index < -0.39 is 12.0 Å². The second-order valence-electron chi connectivity index (χ2n) is 3.47. The van der Waals surface area contributed by atoms with Gasteiger partial charge in [0.15, 0.2) is 0 Å². The first kappa shape index (κ1) is 13.8. The average molecular weight is 266 g/mol. The van der Waals surface area contributed by atoms with Crippen molar-refractivity contribution >= 4 is 17.4 Å². The zero-order chi connectivity index (χ0) is 13.1. The van der Waals surface area contributed by atoms with Crippen LogP contribution in [0, 0.1) is 0 Å². The summed E-state index contributed by atoms with van der Waals surface area (Å²) >= 11 is 5.51. The van der Waals surface area contributed by atoms with Gasteiger partial charge in [0.1, 0.15) is 11.0 Å². The molecule has 0 radical (unpaired) electrons. The van der Waals surface area contributed by atoms with Gasteiger partial charge < -0.3 is 5.32 Å². The predicted molar refractivity (Wildman–Crippen MR) is 59.9 cm³/mol. The summed E-state index contributed by atoms with van der Waals surface area (Å²) in [7, 11) is 0. The lowest BCUT2D eigenvalue weighted by atomic mass is 10.2. The summed E-state index contributed by atoms with van der Waals surface area (Å²) in [4.78, 5) is 6.49. The van der Waals surface area contributed by atoms with Crippen LogP contribution in [0.4, 0.5) is 19.0 Å². The number of nitrogens with zero attached hydrogens (tertiary/aromatic N) is 2. The van der Waals surface area contributed by atoms with Crippen molar-refractivity contribution in [1.82, 2.24) is 9.97 Å². The van der Waals surface area contributed by atoms with Crippen molar-refractivity contribution in [3.63, 3.8) is 0 Å². The normalized spacial score (nSPS) is 13.2. The molecule has 1 unspecified atom stereocenters. The second-order valence-corrected chi connectivity index (χ2v) is 3.85. The number of nitrogens with one attached hydrogen (secondary N) is 1. The van der Waals surface area contributed by atoms with Crippen LogP contribution in [0.5, 0.6) is 0 Å². The Morgan fingerprint density at radius 1 is 1.53 bits per heavy atom. The highest BCUT2D eigenvalue weighted by atomic mass is 35.5. The van der Waals surface area contributed by atoms with Gasteiger partial charge in [0.25, 0.3) is 0 Å². The molecule has 1 rings (SSSR count). The minimum atomic E-state index is -4.61. The third-order valence-electron chi connectivity index (χ3n) is 1.86. The molecule has 7 heteroatoms. The van der Waals surface area contributed by atoms with Gasteiger partial charge in [-0.05, 0) is 13.3 Å². The van der Waals surface area contributed by atoms with Crippen LogP contribution in [-0.4, -0.2) is 16.0 Å². The van der Waals surface area contributed by atoms with E-state index in [-0.39, 0.29) is 17.0 Å². The van der Waals surface area contributed by atoms with E-state index in [4.69, 9.17) is 11.6 Å². The smallest absolute Gasteiger partial charge is 0.367 e. The summed E-state index contributed by atoms with van der Waals surface area (Å²) in [5.74, 6) is -1.20. The molecule has 0 amide bonds. The zero-order valence-electron chi connectivity index (χ0n) is 9.05. The van der Waals surface area contributed by atoms with Gasteiger partial charge in [0, 0.05) is 12.1 Å². The number of anilines is 1. The third-order valence-corrected chi connectivity index (χ3v) is 2.06. The van der Waals surface area contributed by atoms with Crippen molar-refractivity contribution in [1.29, 1.82) is 0 Å². The Morgan fingerprint density at radius 3 is 2.71 bits per heavy atom. The Labute approximate surface area is 102 Å². The number of halogens is 4. The highest BCUT2D eigenvalue weighted by Gasteiger charge is 2.35. The summed E-state index contributed by atoms with van der Waals surface area (Å²) in [5, 5.41) is 2.54. The number of hydrogen-bond acceptors (Lipinski definition) is 3. The molecule has 0 aliphatic carbocycles. The molecule has 0 saturated heterocycles. The molecule has 0 spiro atoms. The second kappa shape index (κ2) is 5.35. The Hall–Kier alpha value is -1.30. The van der Waals surface area contributed by atoms with Crippen LogP contribution in [0.2, 0.25) is 5.15 Å². The summed E-state index contributed by atoms with van der Waals surface area (Å²) in [5.41, 5.74) is 0. The molecular weight excluding hydrogens is 255 g/mol. The van der Waals surface area contributed by atoms with E-state index >= 15 is 0 Å². The van der Waals surface area contributed by atoms with Gasteiger partial charge in [0.05, 0.1) is 0 Å².